The van der Waals surface area contributed by atoms with Crippen molar-refractivity contribution in [3.63, 3.8) is 0 Å². The Hall–Kier alpha value is 0.480. The highest BCUT2D eigenvalue weighted by atomic mass is 79.9. The molecule has 164 valence electrons. The summed E-state index contributed by atoms with van der Waals surface area (Å²) in [7, 11) is 0. The molecule has 0 N–H and O–H groups in total. The predicted octanol–water partition coefficient (Wildman–Crippen LogP) is 10.6. The van der Waals surface area contributed by atoms with Crippen LogP contribution in [0.5, 0.6) is 0 Å². The molecule has 0 saturated heterocycles. The molecule has 0 aliphatic rings. The highest BCUT2D eigenvalue weighted by molar-refractivity contribution is 9.09. The van der Waals surface area contributed by atoms with Crippen molar-refractivity contribution in [1.29, 1.82) is 0 Å². The molecule has 0 radical (unpaired) electrons. The van der Waals surface area contributed by atoms with E-state index < -0.39 is 0 Å². The molecular weight excluding hydrogens is 392 g/mol. The van der Waals surface area contributed by atoms with E-state index in [4.69, 9.17) is 0 Å². The molecule has 0 aliphatic carbocycles. The zero-order valence-electron chi connectivity index (χ0n) is 19.2. The molecule has 0 saturated carbocycles. The largest absolute Gasteiger partial charge is 0.0925 e. The lowest BCUT2D eigenvalue weighted by Gasteiger charge is -2.13. The molecule has 0 heterocycles. The first-order valence-electron chi connectivity index (χ1n) is 12.9. The van der Waals surface area contributed by atoms with Crippen molar-refractivity contribution in [2.24, 2.45) is 5.92 Å². The Morgan fingerprint density at radius 3 is 0.926 bits per heavy atom. The minimum absolute atomic E-state index is 0.938. The highest BCUT2D eigenvalue weighted by Crippen LogP contribution is 2.21. The molecule has 0 aromatic rings. The van der Waals surface area contributed by atoms with Crippen molar-refractivity contribution >= 4 is 15.9 Å². The van der Waals surface area contributed by atoms with Crippen LogP contribution in [0.3, 0.4) is 0 Å². The summed E-state index contributed by atoms with van der Waals surface area (Å²) in [6, 6.07) is 0. The minimum Gasteiger partial charge on any atom is -0.0925 e. The van der Waals surface area contributed by atoms with Crippen LogP contribution in [0.2, 0.25) is 0 Å². The van der Waals surface area contributed by atoms with Gasteiger partial charge in [-0.3, -0.25) is 0 Å². The van der Waals surface area contributed by atoms with E-state index in [-0.39, 0.29) is 0 Å². The van der Waals surface area contributed by atoms with Crippen molar-refractivity contribution in [2.45, 2.75) is 155 Å². The van der Waals surface area contributed by atoms with Crippen LogP contribution >= 0.6 is 15.9 Å². The quantitative estimate of drug-likeness (QED) is 0.108. The molecule has 0 spiro atoms. The first kappa shape index (κ1) is 27.5. The normalized spacial score (nSPS) is 12.6. The molecule has 0 aliphatic heterocycles. The summed E-state index contributed by atoms with van der Waals surface area (Å²) in [5.74, 6) is 0.938. The third-order valence-electron chi connectivity index (χ3n) is 6.15. The van der Waals surface area contributed by atoms with Crippen molar-refractivity contribution in [3.05, 3.63) is 0 Å². The fourth-order valence-electron chi connectivity index (χ4n) is 4.14. The number of hydrogen-bond acceptors (Lipinski definition) is 0. The van der Waals surface area contributed by atoms with E-state index in [1.807, 2.05) is 0 Å². The zero-order chi connectivity index (χ0) is 19.8. The summed E-state index contributed by atoms with van der Waals surface area (Å²) in [5, 5.41) is 1.22. The average Bonchev–Trinajstić information content (AvgIpc) is 2.69. The van der Waals surface area contributed by atoms with Gasteiger partial charge in [-0.25, -0.2) is 0 Å². The third-order valence-corrected chi connectivity index (χ3v) is 7.07. The van der Waals surface area contributed by atoms with E-state index in [0.717, 1.165) is 5.92 Å². The van der Waals surface area contributed by atoms with Gasteiger partial charge in [0.1, 0.15) is 0 Å². The van der Waals surface area contributed by atoms with Crippen LogP contribution in [0.15, 0.2) is 0 Å². The van der Waals surface area contributed by atoms with E-state index in [1.165, 1.54) is 147 Å². The van der Waals surface area contributed by atoms with E-state index >= 15 is 0 Å². The van der Waals surface area contributed by atoms with Crippen molar-refractivity contribution in [1.82, 2.24) is 0 Å². The van der Waals surface area contributed by atoms with E-state index in [1.54, 1.807) is 0 Å². The fraction of sp³-hybridized carbons (Fsp3) is 1.00. The second-order valence-corrected chi connectivity index (χ2v) is 9.61. The Balaban J connectivity index is 3.26. The molecule has 0 aromatic heterocycles. The number of hydrogen-bond donors (Lipinski definition) is 0. The smallest absolute Gasteiger partial charge is 0.00596 e. The average molecular weight is 446 g/mol. The maximum Gasteiger partial charge on any atom is 0.00596 e. The number of halogens is 1. The van der Waals surface area contributed by atoms with Gasteiger partial charge in [-0.1, -0.05) is 158 Å². The Morgan fingerprint density at radius 2 is 0.667 bits per heavy atom. The van der Waals surface area contributed by atoms with Crippen LogP contribution in [0, 0.1) is 5.92 Å². The topological polar surface area (TPSA) is 0 Å². The summed E-state index contributed by atoms with van der Waals surface area (Å²) < 4.78 is 0. The molecule has 0 amide bonds. The summed E-state index contributed by atoms with van der Waals surface area (Å²) in [6.45, 7) is 4.60. The summed E-state index contributed by atoms with van der Waals surface area (Å²) in [4.78, 5) is 0. The number of alkyl halides is 1. The summed E-state index contributed by atoms with van der Waals surface area (Å²) >= 11 is 3.76. The van der Waals surface area contributed by atoms with Crippen LogP contribution in [0.1, 0.15) is 155 Å². The first-order valence-corrected chi connectivity index (χ1v) is 14.0. The molecule has 0 bridgehead atoms. The Kier molecular flexibility index (Phi) is 25.0. The van der Waals surface area contributed by atoms with E-state index in [2.05, 4.69) is 29.8 Å². The second kappa shape index (κ2) is 24.5. The van der Waals surface area contributed by atoms with Gasteiger partial charge in [-0.05, 0) is 18.8 Å². The second-order valence-electron chi connectivity index (χ2n) is 8.96. The lowest BCUT2D eigenvalue weighted by molar-refractivity contribution is 0.437. The lowest BCUT2D eigenvalue weighted by atomic mass is 9.95. The van der Waals surface area contributed by atoms with Crippen molar-refractivity contribution in [2.75, 3.05) is 5.33 Å². The van der Waals surface area contributed by atoms with Gasteiger partial charge in [-0.2, -0.15) is 0 Å². The van der Waals surface area contributed by atoms with E-state index in [0.29, 0.717) is 0 Å². The van der Waals surface area contributed by atoms with Crippen LogP contribution in [-0.4, -0.2) is 5.33 Å². The molecule has 0 rings (SSSR count). The van der Waals surface area contributed by atoms with Crippen molar-refractivity contribution < 1.29 is 0 Å². The summed E-state index contributed by atoms with van der Waals surface area (Å²) in [6.07, 6.45) is 32.1. The molecular formula is C26H53Br. The van der Waals surface area contributed by atoms with Gasteiger partial charge in [-0.15, -0.1) is 0 Å². The fourth-order valence-corrected chi connectivity index (χ4v) is 4.79. The molecule has 0 aromatic carbocycles. The lowest BCUT2D eigenvalue weighted by Crippen LogP contribution is -2.02. The molecule has 1 unspecified atom stereocenters. The Bertz CT molecular complexity index is 251. The van der Waals surface area contributed by atoms with Crippen LogP contribution in [0.4, 0.5) is 0 Å². The highest BCUT2D eigenvalue weighted by Gasteiger charge is 2.06. The minimum atomic E-state index is 0.938. The van der Waals surface area contributed by atoms with Crippen LogP contribution in [-0.2, 0) is 0 Å². The zero-order valence-corrected chi connectivity index (χ0v) is 20.8. The molecule has 27 heavy (non-hydrogen) atoms. The van der Waals surface area contributed by atoms with Gasteiger partial charge >= 0.3 is 0 Å². The number of rotatable bonds is 23. The first-order chi connectivity index (χ1) is 13.3. The number of unbranched alkanes of at least 4 members (excludes halogenated alkanes) is 18. The van der Waals surface area contributed by atoms with Gasteiger partial charge in [0.05, 0.1) is 0 Å². The standard InChI is InChI=1S/C26H53Br/c1-3-5-7-9-11-13-14-15-16-18-20-22-24-26(25-27)23-21-19-17-12-10-8-6-4-2/h26H,3-25H2,1-2H3. The maximum atomic E-state index is 3.76. The Morgan fingerprint density at radius 1 is 0.407 bits per heavy atom. The van der Waals surface area contributed by atoms with Crippen LogP contribution < -0.4 is 0 Å². The van der Waals surface area contributed by atoms with Crippen molar-refractivity contribution in [3.8, 4) is 0 Å². The van der Waals surface area contributed by atoms with Gasteiger partial charge in [0, 0.05) is 5.33 Å². The van der Waals surface area contributed by atoms with Gasteiger partial charge in [0.25, 0.3) is 0 Å². The monoisotopic (exact) mass is 444 g/mol. The van der Waals surface area contributed by atoms with Crippen LogP contribution in [0.25, 0.3) is 0 Å². The van der Waals surface area contributed by atoms with E-state index in [9.17, 15) is 0 Å². The van der Waals surface area contributed by atoms with Gasteiger partial charge in [0.15, 0.2) is 0 Å². The predicted molar refractivity (Wildman–Crippen MR) is 130 cm³/mol. The third kappa shape index (κ3) is 22.6. The molecule has 0 nitrogen and oxygen atoms in total. The molecule has 1 heteroatoms. The Labute approximate surface area is 182 Å². The van der Waals surface area contributed by atoms with Gasteiger partial charge in [0.2, 0.25) is 0 Å². The molecule has 0 fully saturated rings. The summed E-state index contributed by atoms with van der Waals surface area (Å²) in [5.41, 5.74) is 0. The van der Waals surface area contributed by atoms with Gasteiger partial charge < -0.3 is 0 Å². The maximum absolute atomic E-state index is 3.76. The SMILES string of the molecule is CCCCCCCCCCCCCCC(CBr)CCCCCCCCCC. The molecule has 1 atom stereocenters.